The van der Waals surface area contributed by atoms with Gasteiger partial charge in [-0.25, -0.2) is 4.79 Å². The van der Waals surface area contributed by atoms with Crippen LogP contribution in [0.15, 0.2) is 53.6 Å². The van der Waals surface area contributed by atoms with Gasteiger partial charge in [0, 0.05) is 17.9 Å². The molecule has 0 bridgehead atoms. The molecule has 0 unspecified atom stereocenters. The summed E-state index contributed by atoms with van der Waals surface area (Å²) in [6.07, 6.45) is 14.2. The van der Waals surface area contributed by atoms with Gasteiger partial charge >= 0.3 is 5.97 Å². The molecule has 0 amide bonds. The van der Waals surface area contributed by atoms with Crippen molar-refractivity contribution in [3.05, 3.63) is 59.2 Å². The van der Waals surface area contributed by atoms with Gasteiger partial charge in [0.25, 0.3) is 0 Å². The summed E-state index contributed by atoms with van der Waals surface area (Å²) in [5.74, 6) is 1.84. The molecule has 3 heteroatoms. The van der Waals surface area contributed by atoms with E-state index in [4.69, 9.17) is 0 Å². The zero-order valence-corrected chi connectivity index (χ0v) is 20.2. The van der Waals surface area contributed by atoms with Crippen molar-refractivity contribution < 1.29 is 14.7 Å². The van der Waals surface area contributed by atoms with Crippen molar-refractivity contribution in [3.63, 3.8) is 0 Å². The molecule has 4 aliphatic rings. The summed E-state index contributed by atoms with van der Waals surface area (Å²) in [6, 6.07) is 10.5. The zero-order valence-electron chi connectivity index (χ0n) is 20.2. The molecule has 1 N–H and O–H groups in total. The third-order valence-corrected chi connectivity index (χ3v) is 10.2. The first-order valence-corrected chi connectivity index (χ1v) is 13.0. The number of ketones is 1. The molecule has 2 saturated carbocycles. The van der Waals surface area contributed by atoms with Crippen LogP contribution in [0.25, 0.3) is 0 Å². The average Bonchev–Trinajstić information content (AvgIpc) is 3.16. The van der Waals surface area contributed by atoms with Crippen molar-refractivity contribution in [2.45, 2.75) is 78.1 Å². The molecule has 1 aromatic rings. The van der Waals surface area contributed by atoms with Crippen LogP contribution in [0.4, 0.5) is 0 Å². The van der Waals surface area contributed by atoms with E-state index >= 15 is 0 Å². The van der Waals surface area contributed by atoms with Gasteiger partial charge in [-0.1, -0.05) is 50.3 Å². The van der Waals surface area contributed by atoms with Crippen LogP contribution in [0.1, 0.15) is 77.2 Å². The Morgan fingerprint density at radius 2 is 1.82 bits per heavy atom. The van der Waals surface area contributed by atoms with E-state index in [0.29, 0.717) is 42.0 Å². The fourth-order valence-electron chi connectivity index (χ4n) is 8.31. The quantitative estimate of drug-likeness (QED) is 0.524. The maximum absolute atomic E-state index is 13.4. The highest BCUT2D eigenvalue weighted by Gasteiger charge is 2.59. The predicted molar refractivity (Wildman–Crippen MR) is 131 cm³/mol. The number of hydrogen-bond donors (Lipinski definition) is 1. The normalized spacial score (nSPS) is 37.3. The number of aliphatic carboxylic acids is 1. The molecule has 0 spiro atoms. The highest BCUT2D eigenvalue weighted by atomic mass is 16.4. The van der Waals surface area contributed by atoms with Crippen LogP contribution in [-0.2, 0) is 16.0 Å². The SMILES string of the molecule is C[C@]12CC[C@H]3[C@@H](CC=C4C=C(C(=O)O)CC[C@@]43C)[C@@H]1CC[C@@H]2C(=O)CCCc1ccccc1. The molecule has 6 atom stereocenters. The Labute approximate surface area is 198 Å². The number of carboxylic acid groups (broad SMARTS) is 1. The summed E-state index contributed by atoms with van der Waals surface area (Å²) in [5, 5.41) is 9.48. The topological polar surface area (TPSA) is 54.4 Å². The molecular formula is C30H38O3. The van der Waals surface area contributed by atoms with Gasteiger partial charge in [0.2, 0.25) is 0 Å². The lowest BCUT2D eigenvalue weighted by Gasteiger charge is -2.57. The van der Waals surface area contributed by atoms with Crippen LogP contribution in [0, 0.1) is 34.5 Å². The van der Waals surface area contributed by atoms with Crippen molar-refractivity contribution in [2.75, 3.05) is 0 Å². The fraction of sp³-hybridized carbons (Fsp3) is 0.600. The highest BCUT2D eigenvalue weighted by Crippen LogP contribution is 2.66. The lowest BCUT2D eigenvalue weighted by Crippen LogP contribution is -2.50. The molecule has 176 valence electrons. The summed E-state index contributed by atoms with van der Waals surface area (Å²) >= 11 is 0. The second-order valence-corrected chi connectivity index (χ2v) is 11.6. The van der Waals surface area contributed by atoms with Gasteiger partial charge in [0.05, 0.1) is 0 Å². The molecule has 4 aliphatic carbocycles. The summed E-state index contributed by atoms with van der Waals surface area (Å²) < 4.78 is 0. The Morgan fingerprint density at radius 1 is 1.03 bits per heavy atom. The number of benzene rings is 1. The summed E-state index contributed by atoms with van der Waals surface area (Å²) in [4.78, 5) is 24.9. The molecular weight excluding hydrogens is 408 g/mol. The smallest absolute Gasteiger partial charge is 0.331 e. The molecule has 0 radical (unpaired) electrons. The monoisotopic (exact) mass is 446 g/mol. The van der Waals surface area contributed by atoms with E-state index in [0.717, 1.165) is 38.5 Å². The van der Waals surface area contributed by atoms with Gasteiger partial charge in [-0.15, -0.1) is 0 Å². The maximum atomic E-state index is 13.4. The molecule has 3 nitrogen and oxygen atoms in total. The summed E-state index contributed by atoms with van der Waals surface area (Å²) in [6.45, 7) is 4.81. The van der Waals surface area contributed by atoms with Crippen molar-refractivity contribution >= 4 is 11.8 Å². The minimum atomic E-state index is -0.763. The third-order valence-electron chi connectivity index (χ3n) is 10.2. The Hall–Kier alpha value is -2.16. The molecule has 33 heavy (non-hydrogen) atoms. The van der Waals surface area contributed by atoms with Crippen LogP contribution >= 0.6 is 0 Å². The largest absolute Gasteiger partial charge is 0.478 e. The predicted octanol–water partition coefficient (Wildman–Crippen LogP) is 6.78. The zero-order chi connectivity index (χ0) is 23.2. The van der Waals surface area contributed by atoms with Crippen molar-refractivity contribution in [3.8, 4) is 0 Å². The number of carboxylic acids is 1. The standard InChI is InChI=1S/C30H38O3/c1-29-17-15-21(28(32)33)19-22(29)11-12-23-24-13-14-26(30(24,2)18-16-25(23)29)27(31)10-6-9-20-7-4-3-5-8-20/h3-5,7-8,11,19,23-26H,6,9-10,12-18H2,1-2H3,(H,32,33)/t23-,24-,25-,26+,29-,30-/m0/s1. The summed E-state index contributed by atoms with van der Waals surface area (Å²) in [5.41, 5.74) is 3.40. The van der Waals surface area contributed by atoms with Crippen LogP contribution in [-0.4, -0.2) is 16.9 Å². The molecule has 5 rings (SSSR count). The number of Topliss-reactive ketones (excluding diaryl/α,β-unsaturated/α-hetero) is 1. The van der Waals surface area contributed by atoms with Crippen molar-refractivity contribution in [1.29, 1.82) is 0 Å². The van der Waals surface area contributed by atoms with E-state index in [9.17, 15) is 14.7 Å². The van der Waals surface area contributed by atoms with E-state index in [2.05, 4.69) is 44.2 Å². The number of hydrogen-bond acceptors (Lipinski definition) is 2. The Bertz CT molecular complexity index is 989. The van der Waals surface area contributed by atoms with E-state index in [1.165, 1.54) is 24.0 Å². The van der Waals surface area contributed by atoms with Gasteiger partial charge in [0.1, 0.15) is 5.78 Å². The van der Waals surface area contributed by atoms with Gasteiger partial charge in [-0.05, 0) is 104 Å². The number of allylic oxidation sites excluding steroid dienone is 3. The second-order valence-electron chi connectivity index (χ2n) is 11.6. The van der Waals surface area contributed by atoms with Gasteiger partial charge in [0.15, 0.2) is 0 Å². The fourth-order valence-corrected chi connectivity index (χ4v) is 8.31. The minimum Gasteiger partial charge on any atom is -0.478 e. The van der Waals surface area contributed by atoms with Crippen molar-refractivity contribution in [2.24, 2.45) is 34.5 Å². The number of fused-ring (bicyclic) bond motifs is 5. The van der Waals surface area contributed by atoms with E-state index in [1.807, 2.05) is 12.1 Å². The van der Waals surface area contributed by atoms with Gasteiger partial charge in [-0.3, -0.25) is 4.79 Å². The van der Waals surface area contributed by atoms with Crippen LogP contribution in [0.3, 0.4) is 0 Å². The first kappa shape index (κ1) is 22.6. The number of carbonyl (C=O) groups excluding carboxylic acids is 1. The Morgan fingerprint density at radius 3 is 2.58 bits per heavy atom. The Kier molecular flexibility index (Phi) is 5.87. The number of aryl methyl sites for hydroxylation is 1. The van der Waals surface area contributed by atoms with E-state index < -0.39 is 5.97 Å². The lowest BCUT2D eigenvalue weighted by molar-refractivity contribution is -0.133. The van der Waals surface area contributed by atoms with E-state index in [1.54, 1.807) is 0 Å². The second kappa shape index (κ2) is 8.56. The highest BCUT2D eigenvalue weighted by molar-refractivity contribution is 5.87. The summed E-state index contributed by atoms with van der Waals surface area (Å²) in [7, 11) is 0. The number of rotatable bonds is 6. The minimum absolute atomic E-state index is 0.0982. The molecule has 1 aromatic carbocycles. The molecule has 0 heterocycles. The first-order chi connectivity index (χ1) is 15.8. The average molecular weight is 447 g/mol. The first-order valence-electron chi connectivity index (χ1n) is 13.0. The third kappa shape index (κ3) is 3.82. The van der Waals surface area contributed by atoms with E-state index in [-0.39, 0.29) is 16.7 Å². The van der Waals surface area contributed by atoms with Crippen LogP contribution < -0.4 is 0 Å². The van der Waals surface area contributed by atoms with Gasteiger partial charge in [-0.2, -0.15) is 0 Å². The van der Waals surface area contributed by atoms with Crippen LogP contribution in [0.2, 0.25) is 0 Å². The maximum Gasteiger partial charge on any atom is 0.331 e. The molecule has 0 saturated heterocycles. The molecule has 2 fully saturated rings. The Balaban J connectivity index is 1.29. The number of carbonyl (C=O) groups is 2. The van der Waals surface area contributed by atoms with Crippen LogP contribution in [0.5, 0.6) is 0 Å². The molecule has 0 aromatic heterocycles. The van der Waals surface area contributed by atoms with Crippen molar-refractivity contribution in [1.82, 2.24) is 0 Å². The lowest BCUT2D eigenvalue weighted by atomic mass is 9.47. The van der Waals surface area contributed by atoms with Gasteiger partial charge < -0.3 is 5.11 Å². The molecule has 0 aliphatic heterocycles.